The third-order valence-corrected chi connectivity index (χ3v) is 4.10. The average Bonchev–Trinajstić information content (AvgIpc) is 2.91. The lowest BCUT2D eigenvalue weighted by atomic mass is 10.2. The standard InChI is InChI=1S/C12H19N3OS/c1-2-10(13)12(16)15-7-5-14(6-8-15)11-4-3-9-17-11/h3-4,9-10H,2,5-8,13H2,1H3/t10-/m0/s1. The summed E-state index contributed by atoms with van der Waals surface area (Å²) in [5.74, 6) is 0.0957. The fourth-order valence-corrected chi connectivity index (χ4v) is 2.79. The Hall–Kier alpha value is -1.07. The molecule has 1 saturated heterocycles. The Morgan fingerprint density at radius 1 is 1.47 bits per heavy atom. The summed E-state index contributed by atoms with van der Waals surface area (Å²) in [5, 5.41) is 3.37. The molecule has 0 aliphatic carbocycles. The van der Waals surface area contributed by atoms with Crippen molar-refractivity contribution in [2.75, 3.05) is 31.1 Å². The van der Waals surface area contributed by atoms with Crippen molar-refractivity contribution in [1.82, 2.24) is 4.90 Å². The molecule has 0 radical (unpaired) electrons. The first-order chi connectivity index (χ1) is 8.22. The van der Waals surface area contributed by atoms with Crippen LogP contribution < -0.4 is 10.6 Å². The van der Waals surface area contributed by atoms with Crippen LogP contribution in [-0.4, -0.2) is 43.0 Å². The Balaban J connectivity index is 1.88. The molecule has 94 valence electrons. The average molecular weight is 253 g/mol. The highest BCUT2D eigenvalue weighted by Gasteiger charge is 2.24. The fraction of sp³-hybridized carbons (Fsp3) is 0.583. The SMILES string of the molecule is CC[C@H](N)C(=O)N1CCN(c2cccs2)CC1. The van der Waals surface area contributed by atoms with Crippen LogP contribution in [0.25, 0.3) is 0 Å². The Labute approximate surface area is 106 Å². The molecule has 1 atom stereocenters. The summed E-state index contributed by atoms with van der Waals surface area (Å²) in [7, 11) is 0. The van der Waals surface area contributed by atoms with Crippen molar-refractivity contribution in [3.63, 3.8) is 0 Å². The van der Waals surface area contributed by atoms with E-state index in [1.165, 1.54) is 5.00 Å². The molecule has 2 heterocycles. The quantitative estimate of drug-likeness (QED) is 0.878. The van der Waals surface area contributed by atoms with E-state index in [2.05, 4.69) is 22.4 Å². The van der Waals surface area contributed by atoms with Gasteiger partial charge in [0.05, 0.1) is 11.0 Å². The number of amides is 1. The number of hydrogen-bond donors (Lipinski definition) is 1. The number of nitrogens with zero attached hydrogens (tertiary/aromatic N) is 2. The van der Waals surface area contributed by atoms with Gasteiger partial charge >= 0.3 is 0 Å². The van der Waals surface area contributed by atoms with Crippen molar-refractivity contribution in [3.8, 4) is 0 Å². The van der Waals surface area contributed by atoms with Crippen molar-refractivity contribution < 1.29 is 4.79 Å². The van der Waals surface area contributed by atoms with Crippen LogP contribution in [-0.2, 0) is 4.79 Å². The molecule has 2 N–H and O–H groups in total. The minimum Gasteiger partial charge on any atom is -0.360 e. The number of carbonyl (C=O) groups is 1. The molecule has 1 fully saturated rings. The van der Waals surface area contributed by atoms with E-state index in [0.29, 0.717) is 6.42 Å². The molecule has 1 amide bonds. The first-order valence-corrected chi connectivity index (χ1v) is 6.93. The van der Waals surface area contributed by atoms with Gasteiger partial charge in [-0.1, -0.05) is 6.92 Å². The van der Waals surface area contributed by atoms with Gasteiger partial charge in [-0.2, -0.15) is 0 Å². The summed E-state index contributed by atoms with van der Waals surface area (Å²) in [5.41, 5.74) is 5.77. The molecule has 0 unspecified atom stereocenters. The molecular formula is C12H19N3OS. The summed E-state index contributed by atoms with van der Waals surface area (Å²) >= 11 is 1.75. The van der Waals surface area contributed by atoms with Crippen molar-refractivity contribution in [3.05, 3.63) is 17.5 Å². The maximum atomic E-state index is 11.9. The highest BCUT2D eigenvalue weighted by atomic mass is 32.1. The fourth-order valence-electron chi connectivity index (χ4n) is 2.01. The highest BCUT2D eigenvalue weighted by Crippen LogP contribution is 2.22. The summed E-state index contributed by atoms with van der Waals surface area (Å²) in [4.78, 5) is 16.1. The van der Waals surface area contributed by atoms with Gasteiger partial charge < -0.3 is 15.5 Å². The van der Waals surface area contributed by atoms with E-state index in [1.807, 2.05) is 11.8 Å². The second kappa shape index (κ2) is 5.51. The molecule has 1 aliphatic rings. The summed E-state index contributed by atoms with van der Waals surface area (Å²) in [6.45, 7) is 5.32. The lowest BCUT2D eigenvalue weighted by molar-refractivity contribution is -0.132. The minimum absolute atomic E-state index is 0.0957. The zero-order chi connectivity index (χ0) is 12.3. The first kappa shape index (κ1) is 12.4. The number of piperazine rings is 1. The third-order valence-electron chi connectivity index (χ3n) is 3.17. The zero-order valence-electron chi connectivity index (χ0n) is 10.1. The maximum absolute atomic E-state index is 11.9. The number of rotatable bonds is 3. The summed E-state index contributed by atoms with van der Waals surface area (Å²) < 4.78 is 0. The van der Waals surface area contributed by atoms with Gasteiger partial charge in [-0.3, -0.25) is 4.79 Å². The molecule has 0 bridgehead atoms. The molecule has 1 aromatic heterocycles. The predicted octanol–water partition coefficient (Wildman–Crippen LogP) is 1.13. The Morgan fingerprint density at radius 2 is 2.18 bits per heavy atom. The molecule has 1 aliphatic heterocycles. The van der Waals surface area contributed by atoms with E-state index < -0.39 is 0 Å². The van der Waals surface area contributed by atoms with Gasteiger partial charge in [-0.05, 0) is 23.9 Å². The van der Waals surface area contributed by atoms with Gasteiger partial charge in [-0.25, -0.2) is 0 Å². The molecule has 1 aromatic rings. The van der Waals surface area contributed by atoms with Gasteiger partial charge in [-0.15, -0.1) is 11.3 Å². The second-order valence-corrected chi connectivity index (χ2v) is 5.20. The van der Waals surface area contributed by atoms with Crippen LogP contribution in [0.3, 0.4) is 0 Å². The van der Waals surface area contributed by atoms with Gasteiger partial charge in [0, 0.05) is 26.2 Å². The van der Waals surface area contributed by atoms with Crippen LogP contribution >= 0.6 is 11.3 Å². The topological polar surface area (TPSA) is 49.6 Å². The molecule has 0 aromatic carbocycles. The molecule has 17 heavy (non-hydrogen) atoms. The van der Waals surface area contributed by atoms with Gasteiger partial charge in [0.2, 0.25) is 5.91 Å². The number of anilines is 1. The summed E-state index contributed by atoms with van der Waals surface area (Å²) in [6, 6.07) is 3.85. The van der Waals surface area contributed by atoms with Crippen LogP contribution in [0.2, 0.25) is 0 Å². The van der Waals surface area contributed by atoms with Crippen LogP contribution in [0.5, 0.6) is 0 Å². The molecule has 0 saturated carbocycles. The van der Waals surface area contributed by atoms with Crippen molar-refractivity contribution >= 4 is 22.2 Å². The molecule has 5 heteroatoms. The van der Waals surface area contributed by atoms with E-state index >= 15 is 0 Å². The van der Waals surface area contributed by atoms with Crippen molar-refractivity contribution in [2.45, 2.75) is 19.4 Å². The second-order valence-electron chi connectivity index (χ2n) is 4.28. The first-order valence-electron chi connectivity index (χ1n) is 6.05. The van der Waals surface area contributed by atoms with E-state index in [4.69, 9.17) is 5.73 Å². The van der Waals surface area contributed by atoms with Gasteiger partial charge in [0.1, 0.15) is 0 Å². The third kappa shape index (κ3) is 2.79. The molecular weight excluding hydrogens is 234 g/mol. The van der Waals surface area contributed by atoms with Crippen LogP contribution in [0.15, 0.2) is 17.5 Å². The number of nitrogens with two attached hydrogens (primary N) is 1. The smallest absolute Gasteiger partial charge is 0.239 e. The van der Waals surface area contributed by atoms with E-state index in [1.54, 1.807) is 11.3 Å². The van der Waals surface area contributed by atoms with Crippen molar-refractivity contribution in [2.24, 2.45) is 5.73 Å². The van der Waals surface area contributed by atoms with Crippen LogP contribution in [0.1, 0.15) is 13.3 Å². The number of hydrogen-bond acceptors (Lipinski definition) is 4. The van der Waals surface area contributed by atoms with E-state index in [9.17, 15) is 4.79 Å². The largest absolute Gasteiger partial charge is 0.360 e. The van der Waals surface area contributed by atoms with Gasteiger partial charge in [0.25, 0.3) is 0 Å². The van der Waals surface area contributed by atoms with Crippen LogP contribution in [0, 0.1) is 0 Å². The summed E-state index contributed by atoms with van der Waals surface area (Å²) in [6.07, 6.45) is 0.712. The lowest BCUT2D eigenvalue weighted by Gasteiger charge is -2.36. The van der Waals surface area contributed by atoms with Crippen LogP contribution in [0.4, 0.5) is 5.00 Å². The maximum Gasteiger partial charge on any atom is 0.239 e. The Morgan fingerprint density at radius 3 is 2.71 bits per heavy atom. The normalized spacial score (nSPS) is 18.2. The van der Waals surface area contributed by atoms with E-state index in [-0.39, 0.29) is 11.9 Å². The minimum atomic E-state index is -0.330. The number of thiophene rings is 1. The molecule has 4 nitrogen and oxygen atoms in total. The molecule has 0 spiro atoms. The Bertz CT molecular complexity index is 358. The zero-order valence-corrected chi connectivity index (χ0v) is 10.9. The number of carbonyl (C=O) groups excluding carboxylic acids is 1. The Kier molecular flexibility index (Phi) is 4.02. The predicted molar refractivity (Wildman–Crippen MR) is 71.4 cm³/mol. The molecule has 2 rings (SSSR count). The van der Waals surface area contributed by atoms with Gasteiger partial charge in [0.15, 0.2) is 0 Å². The lowest BCUT2D eigenvalue weighted by Crippen LogP contribution is -2.53. The monoisotopic (exact) mass is 253 g/mol. The van der Waals surface area contributed by atoms with E-state index in [0.717, 1.165) is 26.2 Å². The van der Waals surface area contributed by atoms with Crippen molar-refractivity contribution in [1.29, 1.82) is 0 Å². The highest BCUT2D eigenvalue weighted by molar-refractivity contribution is 7.14.